The molecule has 3 rings (SSSR count). The molecule has 1 N–H and O–H groups in total. The molecule has 0 aliphatic carbocycles. The molecule has 4 nitrogen and oxygen atoms in total. The van der Waals surface area contributed by atoms with Crippen molar-refractivity contribution in [3.8, 4) is 10.7 Å². The van der Waals surface area contributed by atoms with E-state index in [0.29, 0.717) is 4.77 Å². The number of H-pyrrole nitrogens is 1. The van der Waals surface area contributed by atoms with Gasteiger partial charge in [-0.25, -0.2) is 5.10 Å². The molecule has 2 aromatic heterocycles. The Morgan fingerprint density at radius 3 is 3.00 bits per heavy atom. The molecule has 100 valence electrons. The van der Waals surface area contributed by atoms with Crippen LogP contribution in [0.2, 0.25) is 0 Å². The lowest BCUT2D eigenvalue weighted by atomic mass is 10.2. The highest BCUT2D eigenvalue weighted by atomic mass is 32.1. The number of aryl methyl sites for hydroxylation is 1. The van der Waals surface area contributed by atoms with Crippen molar-refractivity contribution < 1.29 is 0 Å². The number of hydrogen-bond donors (Lipinski definition) is 1. The summed E-state index contributed by atoms with van der Waals surface area (Å²) in [7, 11) is 0. The third-order valence-corrected chi connectivity index (χ3v) is 3.89. The molecule has 2 heterocycles. The molecule has 0 aliphatic heterocycles. The van der Waals surface area contributed by atoms with Crippen molar-refractivity contribution in [1.82, 2.24) is 14.9 Å². The number of thiophene rings is 1. The SMILES string of the molecule is Cc1cccc(/C=N\n2c(-c3cccs3)n[nH]c2=S)c1. The van der Waals surface area contributed by atoms with E-state index < -0.39 is 0 Å². The first kappa shape index (κ1) is 13.0. The van der Waals surface area contributed by atoms with Gasteiger partial charge in [0.1, 0.15) is 0 Å². The lowest BCUT2D eigenvalue weighted by Crippen LogP contribution is -1.94. The van der Waals surface area contributed by atoms with Crippen LogP contribution in [0.15, 0.2) is 46.9 Å². The Bertz CT molecular complexity index is 797. The molecule has 0 unspecified atom stereocenters. The van der Waals surface area contributed by atoms with Crippen molar-refractivity contribution in [1.29, 1.82) is 0 Å². The van der Waals surface area contributed by atoms with Crippen molar-refractivity contribution in [2.75, 3.05) is 0 Å². The molecule has 1 aromatic carbocycles. The van der Waals surface area contributed by atoms with Gasteiger partial charge in [0, 0.05) is 0 Å². The second kappa shape index (κ2) is 5.52. The van der Waals surface area contributed by atoms with E-state index in [9.17, 15) is 0 Å². The fourth-order valence-corrected chi connectivity index (χ4v) is 2.72. The van der Waals surface area contributed by atoms with E-state index in [2.05, 4.69) is 34.4 Å². The Labute approximate surface area is 125 Å². The molecule has 0 saturated heterocycles. The summed E-state index contributed by atoms with van der Waals surface area (Å²) in [5.74, 6) is 0.730. The first-order chi connectivity index (χ1) is 9.74. The Morgan fingerprint density at radius 2 is 2.25 bits per heavy atom. The summed E-state index contributed by atoms with van der Waals surface area (Å²) in [4.78, 5) is 1.03. The van der Waals surface area contributed by atoms with Gasteiger partial charge in [0.25, 0.3) is 0 Å². The van der Waals surface area contributed by atoms with Gasteiger partial charge in [-0.15, -0.1) is 11.3 Å². The third kappa shape index (κ3) is 2.61. The molecular formula is C14H12N4S2. The van der Waals surface area contributed by atoms with Crippen LogP contribution >= 0.6 is 23.6 Å². The molecule has 0 aliphatic rings. The number of rotatable bonds is 3. The fourth-order valence-electron chi connectivity index (χ4n) is 1.84. The molecule has 0 spiro atoms. The molecule has 0 bridgehead atoms. The van der Waals surface area contributed by atoms with Crippen LogP contribution in [-0.2, 0) is 0 Å². The Balaban J connectivity index is 1.99. The largest absolute Gasteiger partial charge is 0.250 e. The molecule has 0 fully saturated rings. The van der Waals surface area contributed by atoms with Crippen LogP contribution in [-0.4, -0.2) is 21.1 Å². The van der Waals surface area contributed by atoms with Crippen molar-refractivity contribution >= 4 is 29.8 Å². The van der Waals surface area contributed by atoms with E-state index in [0.717, 1.165) is 16.3 Å². The van der Waals surface area contributed by atoms with Crippen molar-refractivity contribution in [3.63, 3.8) is 0 Å². The summed E-state index contributed by atoms with van der Waals surface area (Å²) in [5, 5.41) is 13.4. The van der Waals surface area contributed by atoms with Crippen LogP contribution in [0.5, 0.6) is 0 Å². The number of nitrogens with one attached hydrogen (secondary N) is 1. The zero-order chi connectivity index (χ0) is 13.9. The summed E-state index contributed by atoms with van der Waals surface area (Å²) in [6.07, 6.45) is 1.79. The second-order valence-electron chi connectivity index (χ2n) is 4.30. The van der Waals surface area contributed by atoms with Gasteiger partial charge in [0.05, 0.1) is 11.1 Å². The minimum atomic E-state index is 0.484. The highest BCUT2D eigenvalue weighted by molar-refractivity contribution is 7.71. The van der Waals surface area contributed by atoms with Gasteiger partial charge in [0.15, 0.2) is 5.82 Å². The Hall–Kier alpha value is -2.05. The zero-order valence-electron chi connectivity index (χ0n) is 10.8. The summed E-state index contributed by atoms with van der Waals surface area (Å²) >= 11 is 6.83. The minimum Gasteiger partial charge on any atom is -0.250 e. The van der Waals surface area contributed by atoms with E-state index in [-0.39, 0.29) is 0 Å². The van der Waals surface area contributed by atoms with E-state index in [1.54, 1.807) is 22.2 Å². The number of benzene rings is 1. The highest BCUT2D eigenvalue weighted by Gasteiger charge is 2.08. The maximum Gasteiger partial charge on any atom is 0.216 e. The Morgan fingerprint density at radius 1 is 1.35 bits per heavy atom. The van der Waals surface area contributed by atoms with E-state index in [4.69, 9.17) is 12.2 Å². The highest BCUT2D eigenvalue weighted by Crippen LogP contribution is 2.22. The second-order valence-corrected chi connectivity index (χ2v) is 5.63. The molecule has 6 heteroatoms. The lowest BCUT2D eigenvalue weighted by Gasteiger charge is -1.98. The minimum absolute atomic E-state index is 0.484. The number of aromatic nitrogens is 3. The van der Waals surface area contributed by atoms with Crippen LogP contribution in [0.25, 0.3) is 10.7 Å². The van der Waals surface area contributed by atoms with Crippen molar-refractivity contribution in [2.24, 2.45) is 5.10 Å². The van der Waals surface area contributed by atoms with Crippen LogP contribution in [0.4, 0.5) is 0 Å². The van der Waals surface area contributed by atoms with Crippen molar-refractivity contribution in [2.45, 2.75) is 6.92 Å². The normalized spacial score (nSPS) is 11.2. The van der Waals surface area contributed by atoms with Gasteiger partial charge in [0.2, 0.25) is 4.77 Å². The molecular weight excluding hydrogens is 288 g/mol. The maximum atomic E-state index is 5.22. The summed E-state index contributed by atoms with van der Waals surface area (Å²) < 4.78 is 2.13. The predicted octanol–water partition coefficient (Wildman–Crippen LogP) is 3.86. The number of hydrogen-bond acceptors (Lipinski definition) is 4. The molecule has 0 radical (unpaired) electrons. The quantitative estimate of drug-likeness (QED) is 0.590. The van der Waals surface area contributed by atoms with E-state index in [1.807, 2.05) is 29.6 Å². The summed E-state index contributed by atoms with van der Waals surface area (Å²) in [5.41, 5.74) is 2.23. The van der Waals surface area contributed by atoms with Crippen LogP contribution in [0.3, 0.4) is 0 Å². The van der Waals surface area contributed by atoms with Crippen LogP contribution in [0, 0.1) is 11.7 Å². The first-order valence-electron chi connectivity index (χ1n) is 6.06. The predicted molar refractivity (Wildman–Crippen MR) is 84.9 cm³/mol. The first-order valence-corrected chi connectivity index (χ1v) is 7.35. The average molecular weight is 300 g/mol. The maximum absolute atomic E-state index is 5.22. The van der Waals surface area contributed by atoms with Gasteiger partial charge in [-0.1, -0.05) is 35.9 Å². The van der Waals surface area contributed by atoms with E-state index >= 15 is 0 Å². The fraction of sp³-hybridized carbons (Fsp3) is 0.0714. The van der Waals surface area contributed by atoms with Crippen LogP contribution in [0.1, 0.15) is 11.1 Å². The van der Waals surface area contributed by atoms with Gasteiger partial charge < -0.3 is 0 Å². The molecule has 3 aromatic rings. The smallest absolute Gasteiger partial charge is 0.216 e. The van der Waals surface area contributed by atoms with Gasteiger partial charge in [-0.05, 0) is 36.2 Å². The number of nitrogens with zero attached hydrogens (tertiary/aromatic N) is 3. The van der Waals surface area contributed by atoms with Gasteiger partial charge in [-0.2, -0.15) is 14.9 Å². The van der Waals surface area contributed by atoms with Crippen LogP contribution < -0.4 is 0 Å². The topological polar surface area (TPSA) is 46.0 Å². The monoisotopic (exact) mass is 300 g/mol. The lowest BCUT2D eigenvalue weighted by molar-refractivity contribution is 0.873. The van der Waals surface area contributed by atoms with Gasteiger partial charge >= 0.3 is 0 Å². The molecule has 0 amide bonds. The standard InChI is InChI=1S/C14H12N4S2/c1-10-4-2-5-11(8-10)9-15-18-13(16-17-14(18)19)12-6-3-7-20-12/h2-9H,1H3,(H,17,19)/b15-9-. The van der Waals surface area contributed by atoms with Crippen molar-refractivity contribution in [3.05, 3.63) is 57.7 Å². The van der Waals surface area contributed by atoms with Gasteiger partial charge in [-0.3, -0.25) is 0 Å². The molecule has 20 heavy (non-hydrogen) atoms. The third-order valence-electron chi connectivity index (χ3n) is 2.76. The molecule has 0 atom stereocenters. The Kier molecular flexibility index (Phi) is 3.58. The summed E-state index contributed by atoms with van der Waals surface area (Å²) in [6.45, 7) is 2.05. The zero-order valence-corrected chi connectivity index (χ0v) is 12.4. The average Bonchev–Trinajstić information content (AvgIpc) is 3.06. The number of aromatic amines is 1. The summed E-state index contributed by atoms with van der Waals surface area (Å²) in [6, 6.07) is 12.1. The molecule has 0 saturated carbocycles. The van der Waals surface area contributed by atoms with E-state index in [1.165, 1.54) is 5.56 Å².